The quantitative estimate of drug-likeness (QED) is 0.0457. The van der Waals surface area contributed by atoms with Gasteiger partial charge >= 0.3 is 5.91 Å². The van der Waals surface area contributed by atoms with Gasteiger partial charge in [-0.15, -0.1) is 10.2 Å². The third kappa shape index (κ3) is 6.81. The number of carbonyl (C=O) groups is 2. The number of ether oxygens (including phenoxy) is 1. The smallest absolute Gasteiger partial charge is 0.301 e. The van der Waals surface area contributed by atoms with Crippen LogP contribution in [-0.4, -0.2) is 33.6 Å². The molecule has 2 heterocycles. The molecule has 7 nitrogen and oxygen atoms in total. The first-order chi connectivity index (χ1) is 20.8. The molecule has 5 rings (SSSR count). The number of amides is 1. The number of aromatic nitrogens is 2. The number of aliphatic hydroxyl groups is 1. The first kappa shape index (κ1) is 30.4. The number of unbranched alkanes of at least 4 members (excludes halogenated alkanes) is 1. The normalized spacial score (nSPS) is 16.3. The Morgan fingerprint density at radius 1 is 1.02 bits per heavy atom. The molecule has 1 fully saturated rings. The van der Waals surface area contributed by atoms with E-state index < -0.39 is 17.7 Å². The highest BCUT2D eigenvalue weighted by Crippen LogP contribution is 2.44. The van der Waals surface area contributed by atoms with Crippen LogP contribution in [0.2, 0.25) is 0 Å². The summed E-state index contributed by atoms with van der Waals surface area (Å²) in [5.74, 6) is -0.673. The first-order valence-corrected chi connectivity index (χ1v) is 15.9. The van der Waals surface area contributed by atoms with Gasteiger partial charge in [0.25, 0.3) is 5.78 Å². The van der Waals surface area contributed by atoms with Gasteiger partial charge in [-0.3, -0.25) is 14.5 Å². The molecule has 0 bridgehead atoms. The van der Waals surface area contributed by atoms with Crippen molar-refractivity contribution in [2.24, 2.45) is 0 Å². The Hall–Kier alpha value is -4.02. The summed E-state index contributed by atoms with van der Waals surface area (Å²) in [7, 11) is 0. The second kappa shape index (κ2) is 13.5. The number of rotatable bonds is 11. The van der Waals surface area contributed by atoms with Crippen LogP contribution in [0.15, 0.2) is 82.7 Å². The highest BCUT2D eigenvalue weighted by atomic mass is 32.2. The number of ketones is 1. The number of halogens is 1. The zero-order valence-corrected chi connectivity index (χ0v) is 25.8. The van der Waals surface area contributed by atoms with Crippen molar-refractivity contribution in [2.75, 3.05) is 11.5 Å². The molecule has 1 aliphatic rings. The largest absolute Gasteiger partial charge is 0.507 e. The van der Waals surface area contributed by atoms with Gasteiger partial charge in [0.1, 0.15) is 17.3 Å². The fourth-order valence-corrected chi connectivity index (χ4v) is 6.51. The van der Waals surface area contributed by atoms with E-state index in [0.717, 1.165) is 24.0 Å². The summed E-state index contributed by atoms with van der Waals surface area (Å²) < 4.78 is 19.6. The van der Waals surface area contributed by atoms with Gasteiger partial charge in [-0.05, 0) is 65.4 Å². The summed E-state index contributed by atoms with van der Waals surface area (Å²) in [4.78, 5) is 28.4. The fraction of sp³-hybridized carbons (Fsp3) is 0.273. The molecule has 0 spiro atoms. The van der Waals surface area contributed by atoms with Crippen LogP contribution in [0.5, 0.6) is 5.75 Å². The molecule has 1 aromatic heterocycles. The molecule has 43 heavy (non-hydrogen) atoms. The standard InChI is InChI=1S/C33H32FN3O4S2/c1-4-5-18-41-26-16-12-24(13-17-26)29(38)27-28(23-10-8-22(9-11-23)20(2)3)37(31(40)30(27)39)32-35-36-33(43-32)42-19-21-6-14-25(34)15-7-21/h6-17,20,28,38H,4-5,18-19H2,1-3H3/b29-27+. The van der Waals surface area contributed by atoms with Crippen molar-refractivity contribution in [1.82, 2.24) is 10.2 Å². The van der Waals surface area contributed by atoms with Crippen molar-refractivity contribution in [3.63, 3.8) is 0 Å². The lowest BCUT2D eigenvalue weighted by Crippen LogP contribution is -2.29. The van der Waals surface area contributed by atoms with Gasteiger partial charge in [-0.25, -0.2) is 4.39 Å². The molecule has 3 aromatic carbocycles. The lowest BCUT2D eigenvalue weighted by Gasteiger charge is -2.23. The maximum absolute atomic E-state index is 13.5. The first-order valence-electron chi connectivity index (χ1n) is 14.1. The number of Topliss-reactive ketones (excluding diaryl/α,β-unsaturated/α-hetero) is 1. The van der Waals surface area contributed by atoms with E-state index in [9.17, 15) is 19.1 Å². The number of thioether (sulfide) groups is 1. The number of hydrogen-bond donors (Lipinski definition) is 1. The number of hydrogen-bond acceptors (Lipinski definition) is 8. The van der Waals surface area contributed by atoms with E-state index in [1.54, 1.807) is 36.4 Å². The third-order valence-electron chi connectivity index (χ3n) is 7.14. The van der Waals surface area contributed by atoms with Gasteiger partial charge in [-0.2, -0.15) is 0 Å². The molecular formula is C33H32FN3O4S2. The predicted octanol–water partition coefficient (Wildman–Crippen LogP) is 7.90. The number of anilines is 1. The Balaban J connectivity index is 1.49. The Labute approximate surface area is 258 Å². The van der Waals surface area contributed by atoms with Crippen molar-refractivity contribution >= 4 is 45.7 Å². The number of aliphatic hydroxyl groups excluding tert-OH is 1. The molecule has 1 saturated heterocycles. The second-order valence-electron chi connectivity index (χ2n) is 10.5. The van der Waals surface area contributed by atoms with Crippen molar-refractivity contribution in [1.29, 1.82) is 0 Å². The van der Waals surface area contributed by atoms with Crippen LogP contribution in [0.3, 0.4) is 0 Å². The topological polar surface area (TPSA) is 92.6 Å². The van der Waals surface area contributed by atoms with E-state index in [2.05, 4.69) is 31.0 Å². The lowest BCUT2D eigenvalue weighted by atomic mass is 9.93. The molecule has 1 atom stereocenters. The molecule has 4 aromatic rings. The molecule has 1 amide bonds. The van der Waals surface area contributed by atoms with Gasteiger partial charge < -0.3 is 9.84 Å². The van der Waals surface area contributed by atoms with E-state index in [1.165, 1.54) is 40.1 Å². The van der Waals surface area contributed by atoms with Crippen LogP contribution in [-0.2, 0) is 15.3 Å². The maximum Gasteiger partial charge on any atom is 0.301 e. The van der Waals surface area contributed by atoms with Crippen molar-refractivity contribution in [3.05, 3.63) is 106 Å². The van der Waals surface area contributed by atoms with Crippen LogP contribution < -0.4 is 9.64 Å². The van der Waals surface area contributed by atoms with Crippen LogP contribution in [0.25, 0.3) is 5.76 Å². The average molecular weight is 618 g/mol. The summed E-state index contributed by atoms with van der Waals surface area (Å²) in [6.07, 6.45) is 1.94. The molecular weight excluding hydrogens is 586 g/mol. The zero-order valence-electron chi connectivity index (χ0n) is 24.1. The molecule has 0 saturated carbocycles. The Morgan fingerprint density at radius 3 is 2.37 bits per heavy atom. The van der Waals surface area contributed by atoms with E-state index >= 15 is 0 Å². The van der Waals surface area contributed by atoms with E-state index in [4.69, 9.17) is 4.74 Å². The van der Waals surface area contributed by atoms with Crippen LogP contribution >= 0.6 is 23.1 Å². The van der Waals surface area contributed by atoms with Crippen molar-refractivity contribution in [2.45, 2.75) is 55.7 Å². The summed E-state index contributed by atoms with van der Waals surface area (Å²) in [5.41, 5.74) is 3.07. The molecule has 0 aliphatic carbocycles. The molecule has 1 N–H and O–H groups in total. The molecule has 10 heteroatoms. The van der Waals surface area contributed by atoms with Crippen LogP contribution in [0.1, 0.15) is 67.8 Å². The Bertz CT molecular complexity index is 1620. The van der Waals surface area contributed by atoms with Crippen molar-refractivity contribution < 1.29 is 23.8 Å². The highest BCUT2D eigenvalue weighted by Gasteiger charge is 2.48. The van der Waals surface area contributed by atoms with Crippen LogP contribution in [0, 0.1) is 5.82 Å². The Morgan fingerprint density at radius 2 is 1.72 bits per heavy atom. The minimum atomic E-state index is -0.899. The van der Waals surface area contributed by atoms with Crippen molar-refractivity contribution in [3.8, 4) is 5.75 Å². The predicted molar refractivity (Wildman–Crippen MR) is 168 cm³/mol. The maximum atomic E-state index is 13.5. The number of carbonyl (C=O) groups excluding carboxylic acids is 2. The third-order valence-corrected chi connectivity index (χ3v) is 9.26. The number of nitrogens with zero attached hydrogens (tertiary/aromatic N) is 3. The highest BCUT2D eigenvalue weighted by molar-refractivity contribution is 8.00. The van der Waals surface area contributed by atoms with Crippen LogP contribution in [0.4, 0.5) is 9.52 Å². The minimum Gasteiger partial charge on any atom is -0.507 e. The monoisotopic (exact) mass is 617 g/mol. The van der Waals surface area contributed by atoms with E-state index in [-0.39, 0.29) is 22.3 Å². The lowest BCUT2D eigenvalue weighted by molar-refractivity contribution is -0.132. The van der Waals surface area contributed by atoms with Gasteiger partial charge in [0, 0.05) is 11.3 Å². The summed E-state index contributed by atoms with van der Waals surface area (Å²) in [5, 5.41) is 20.2. The zero-order chi connectivity index (χ0) is 30.5. The second-order valence-corrected chi connectivity index (χ2v) is 12.7. The van der Waals surface area contributed by atoms with Gasteiger partial charge in [0.05, 0.1) is 18.2 Å². The summed E-state index contributed by atoms with van der Waals surface area (Å²) in [6.45, 7) is 6.85. The summed E-state index contributed by atoms with van der Waals surface area (Å²) in [6, 6.07) is 19.8. The molecule has 1 unspecified atom stereocenters. The SMILES string of the molecule is CCCCOc1ccc(/C(O)=C2\C(=O)C(=O)N(c3nnc(SCc4ccc(F)cc4)s3)C2c2ccc(C(C)C)cc2)cc1. The Kier molecular flexibility index (Phi) is 9.57. The van der Waals surface area contributed by atoms with E-state index in [0.29, 0.717) is 39.5 Å². The van der Waals surface area contributed by atoms with Gasteiger partial charge in [-0.1, -0.05) is 86.7 Å². The molecule has 1 aliphatic heterocycles. The average Bonchev–Trinajstić information content (AvgIpc) is 3.58. The fourth-order valence-electron chi connectivity index (χ4n) is 4.69. The minimum absolute atomic E-state index is 0.0161. The molecule has 222 valence electrons. The van der Waals surface area contributed by atoms with Gasteiger partial charge in [0.2, 0.25) is 5.13 Å². The summed E-state index contributed by atoms with van der Waals surface area (Å²) >= 11 is 2.59. The molecule has 0 radical (unpaired) electrons. The van der Waals surface area contributed by atoms with Gasteiger partial charge in [0.15, 0.2) is 4.34 Å². The van der Waals surface area contributed by atoms with E-state index in [1.807, 2.05) is 24.3 Å². The number of benzene rings is 3.